The molecule has 128 valence electrons. The van der Waals surface area contributed by atoms with Crippen LogP contribution in [0.15, 0.2) is 18.2 Å². The van der Waals surface area contributed by atoms with Crippen LogP contribution in [0.1, 0.15) is 40.7 Å². The molecule has 1 saturated heterocycles. The standard InChI is InChI=1S/C16H17IN2O4S/c17-24-23-7-1-2-10-3-4-11-9-19(16(22)12(11)8-10)13-5-6-14(20)18-15(13)21/h3-4,8,13H,1-2,5-7,9H2,(H,18,20,21). The van der Waals surface area contributed by atoms with Gasteiger partial charge in [-0.1, -0.05) is 12.1 Å². The number of nitrogens with zero attached hydrogens (tertiary/aromatic N) is 1. The van der Waals surface area contributed by atoms with Crippen molar-refractivity contribution in [3.63, 3.8) is 0 Å². The van der Waals surface area contributed by atoms with E-state index in [-0.39, 0.29) is 24.1 Å². The van der Waals surface area contributed by atoms with E-state index in [1.165, 1.54) is 9.21 Å². The molecule has 0 bridgehead atoms. The molecule has 3 amide bonds. The lowest BCUT2D eigenvalue weighted by Crippen LogP contribution is -2.52. The van der Waals surface area contributed by atoms with Gasteiger partial charge in [0.2, 0.25) is 11.8 Å². The number of amides is 3. The molecule has 0 aromatic heterocycles. The van der Waals surface area contributed by atoms with E-state index in [1.807, 2.05) is 18.2 Å². The van der Waals surface area contributed by atoms with Crippen LogP contribution in [-0.4, -0.2) is 35.3 Å². The van der Waals surface area contributed by atoms with Gasteiger partial charge in [0.15, 0.2) is 0 Å². The van der Waals surface area contributed by atoms with E-state index in [1.54, 1.807) is 4.90 Å². The molecule has 2 aliphatic heterocycles. The zero-order valence-corrected chi connectivity index (χ0v) is 15.9. The Morgan fingerprint density at radius 3 is 2.92 bits per heavy atom. The Morgan fingerprint density at radius 2 is 2.17 bits per heavy atom. The zero-order valence-electron chi connectivity index (χ0n) is 12.9. The first-order valence-electron chi connectivity index (χ1n) is 7.77. The zero-order chi connectivity index (χ0) is 17.1. The summed E-state index contributed by atoms with van der Waals surface area (Å²) in [7, 11) is 1.32. The van der Waals surface area contributed by atoms with Crippen LogP contribution in [0, 0.1) is 0 Å². The summed E-state index contributed by atoms with van der Waals surface area (Å²) in [5, 5.41) is 2.32. The highest BCUT2D eigenvalue weighted by molar-refractivity contribution is 14.2. The van der Waals surface area contributed by atoms with Gasteiger partial charge in [0.1, 0.15) is 6.04 Å². The SMILES string of the molecule is O=C1CCC(N2Cc3ccc(CCCOSI)cc3C2=O)C(=O)N1. The van der Waals surface area contributed by atoms with E-state index in [9.17, 15) is 14.4 Å². The first-order valence-corrected chi connectivity index (χ1v) is 11.0. The maximum Gasteiger partial charge on any atom is 0.255 e. The van der Waals surface area contributed by atoms with Crippen LogP contribution in [0.3, 0.4) is 0 Å². The molecule has 1 aromatic rings. The van der Waals surface area contributed by atoms with E-state index < -0.39 is 6.04 Å². The molecule has 8 heteroatoms. The van der Waals surface area contributed by atoms with Crippen molar-refractivity contribution in [1.82, 2.24) is 10.2 Å². The molecule has 3 rings (SSSR count). The fourth-order valence-corrected chi connectivity index (χ4v) is 3.84. The second kappa shape index (κ2) is 7.83. The lowest BCUT2D eigenvalue weighted by molar-refractivity contribution is -0.136. The Morgan fingerprint density at radius 1 is 1.33 bits per heavy atom. The number of aryl methyl sites for hydroxylation is 1. The Balaban J connectivity index is 1.69. The van der Waals surface area contributed by atoms with Gasteiger partial charge < -0.3 is 9.08 Å². The fourth-order valence-electron chi connectivity index (χ4n) is 3.12. The molecular formula is C16H17IN2O4S. The monoisotopic (exact) mass is 460 g/mol. The van der Waals surface area contributed by atoms with Crippen molar-refractivity contribution in [2.75, 3.05) is 6.61 Å². The molecule has 1 unspecified atom stereocenters. The van der Waals surface area contributed by atoms with Crippen LogP contribution in [-0.2, 0) is 26.7 Å². The minimum atomic E-state index is -0.555. The van der Waals surface area contributed by atoms with Crippen LogP contribution >= 0.6 is 30.4 Å². The summed E-state index contributed by atoms with van der Waals surface area (Å²) in [5.41, 5.74) is 2.70. The number of nitrogens with one attached hydrogen (secondary N) is 1. The van der Waals surface area contributed by atoms with Crippen molar-refractivity contribution in [1.29, 1.82) is 0 Å². The van der Waals surface area contributed by atoms with Crippen molar-refractivity contribution in [3.05, 3.63) is 34.9 Å². The van der Waals surface area contributed by atoms with Crippen LogP contribution < -0.4 is 5.32 Å². The third-order valence-corrected chi connectivity index (χ3v) is 5.35. The number of benzene rings is 1. The predicted molar refractivity (Wildman–Crippen MR) is 98.4 cm³/mol. The average molecular weight is 460 g/mol. The van der Waals surface area contributed by atoms with Crippen LogP contribution in [0.25, 0.3) is 0 Å². The van der Waals surface area contributed by atoms with E-state index in [0.717, 1.165) is 24.0 Å². The number of hydrogen-bond acceptors (Lipinski definition) is 5. The number of piperidine rings is 1. The topological polar surface area (TPSA) is 75.7 Å². The molecule has 0 spiro atoms. The maximum absolute atomic E-state index is 12.7. The molecule has 2 heterocycles. The number of carbonyl (C=O) groups is 3. The van der Waals surface area contributed by atoms with Gasteiger partial charge >= 0.3 is 0 Å². The second-order valence-corrected chi connectivity index (χ2v) is 7.32. The molecule has 2 aliphatic rings. The molecule has 0 aliphatic carbocycles. The lowest BCUT2D eigenvalue weighted by atomic mass is 10.0. The van der Waals surface area contributed by atoms with E-state index in [0.29, 0.717) is 25.1 Å². The smallest absolute Gasteiger partial charge is 0.255 e. The number of imide groups is 1. The molecule has 0 radical (unpaired) electrons. The summed E-state index contributed by atoms with van der Waals surface area (Å²) in [6, 6.07) is 5.35. The Labute approximate surface area is 156 Å². The van der Waals surface area contributed by atoms with Gasteiger partial charge in [0.05, 0.1) is 15.8 Å². The number of fused-ring (bicyclic) bond motifs is 1. The number of carbonyl (C=O) groups excluding carboxylic acids is 3. The molecule has 1 aromatic carbocycles. The predicted octanol–water partition coefficient (Wildman–Crippen LogP) is 2.39. The molecule has 1 fully saturated rings. The summed E-state index contributed by atoms with van der Waals surface area (Å²) in [6.07, 6.45) is 2.40. The highest BCUT2D eigenvalue weighted by Gasteiger charge is 2.38. The third kappa shape index (κ3) is 3.75. The fraction of sp³-hybridized carbons (Fsp3) is 0.438. The number of hydrogen-bond donors (Lipinski definition) is 1. The van der Waals surface area contributed by atoms with Gasteiger partial charge in [-0.3, -0.25) is 19.7 Å². The van der Waals surface area contributed by atoms with E-state index in [4.69, 9.17) is 4.18 Å². The van der Waals surface area contributed by atoms with Crippen molar-refractivity contribution in [3.8, 4) is 0 Å². The average Bonchev–Trinajstić information content (AvgIpc) is 2.88. The molecule has 1 N–H and O–H groups in total. The van der Waals surface area contributed by atoms with Crippen molar-refractivity contribution >= 4 is 48.1 Å². The van der Waals surface area contributed by atoms with Crippen LogP contribution in [0.4, 0.5) is 0 Å². The van der Waals surface area contributed by atoms with Crippen molar-refractivity contribution in [2.24, 2.45) is 0 Å². The second-order valence-electron chi connectivity index (χ2n) is 5.88. The Hall–Kier alpha value is -1.13. The molecule has 1 atom stereocenters. The van der Waals surface area contributed by atoms with Gasteiger partial charge in [0, 0.05) is 39.7 Å². The van der Waals surface area contributed by atoms with Crippen molar-refractivity contribution < 1.29 is 18.6 Å². The van der Waals surface area contributed by atoms with Gasteiger partial charge in [-0.25, -0.2) is 0 Å². The van der Waals surface area contributed by atoms with E-state index in [2.05, 4.69) is 26.5 Å². The normalized spacial score (nSPS) is 20.3. The van der Waals surface area contributed by atoms with Gasteiger partial charge in [0.25, 0.3) is 5.91 Å². The van der Waals surface area contributed by atoms with E-state index >= 15 is 0 Å². The summed E-state index contributed by atoms with van der Waals surface area (Å²) >= 11 is 2.09. The highest BCUT2D eigenvalue weighted by atomic mass is 127. The van der Waals surface area contributed by atoms with Gasteiger partial charge in [-0.15, -0.1) is 0 Å². The summed E-state index contributed by atoms with van der Waals surface area (Å²) in [6.45, 7) is 1.09. The molecule has 0 saturated carbocycles. The Bertz CT molecular complexity index is 682. The van der Waals surface area contributed by atoms with Gasteiger partial charge in [-0.05, 0) is 36.5 Å². The Kier molecular flexibility index (Phi) is 5.77. The number of rotatable bonds is 6. The largest absolute Gasteiger partial charge is 0.322 e. The highest BCUT2D eigenvalue weighted by Crippen LogP contribution is 2.28. The molecular weight excluding hydrogens is 443 g/mol. The lowest BCUT2D eigenvalue weighted by Gasteiger charge is -2.29. The summed E-state index contributed by atoms with van der Waals surface area (Å²) in [5.74, 6) is -0.768. The maximum atomic E-state index is 12.7. The van der Waals surface area contributed by atoms with Crippen LogP contribution in [0.2, 0.25) is 0 Å². The number of halogens is 1. The van der Waals surface area contributed by atoms with Crippen LogP contribution in [0.5, 0.6) is 0 Å². The summed E-state index contributed by atoms with van der Waals surface area (Å²) in [4.78, 5) is 37.6. The first-order chi connectivity index (χ1) is 11.6. The summed E-state index contributed by atoms with van der Waals surface area (Å²) < 4.78 is 5.24. The minimum absolute atomic E-state index is 0.125. The quantitative estimate of drug-likeness (QED) is 0.306. The third-order valence-electron chi connectivity index (χ3n) is 4.33. The van der Waals surface area contributed by atoms with Gasteiger partial charge in [-0.2, -0.15) is 0 Å². The van der Waals surface area contributed by atoms with Crippen molar-refractivity contribution in [2.45, 2.75) is 38.3 Å². The first kappa shape index (κ1) is 17.7. The molecule has 24 heavy (non-hydrogen) atoms. The molecule has 6 nitrogen and oxygen atoms in total. The minimum Gasteiger partial charge on any atom is -0.322 e.